The van der Waals surface area contributed by atoms with Gasteiger partial charge in [0, 0.05) is 39.3 Å². The Morgan fingerprint density at radius 2 is 1.92 bits per heavy atom. The van der Waals surface area contributed by atoms with Crippen LogP contribution in [0.5, 0.6) is 0 Å². The number of hydrogen-bond acceptors (Lipinski definition) is 3. The highest BCUT2D eigenvalue weighted by Gasteiger charge is 2.39. The van der Waals surface area contributed by atoms with Crippen molar-refractivity contribution in [2.24, 2.45) is 5.92 Å². The quantitative estimate of drug-likeness (QED) is 0.422. The molecule has 24 heavy (non-hydrogen) atoms. The zero-order valence-electron chi connectivity index (χ0n) is 12.6. The van der Waals surface area contributed by atoms with E-state index in [4.69, 9.17) is 23.2 Å². The molecule has 0 bridgehead atoms. The van der Waals surface area contributed by atoms with Crippen LogP contribution in [0.25, 0.3) is 0 Å². The minimum atomic E-state index is -0.382. The highest BCUT2D eigenvalue weighted by Crippen LogP contribution is 2.52. The van der Waals surface area contributed by atoms with Crippen molar-refractivity contribution >= 4 is 34.6 Å². The van der Waals surface area contributed by atoms with E-state index in [-0.39, 0.29) is 22.6 Å². The summed E-state index contributed by atoms with van der Waals surface area (Å²) in [6.45, 7) is 0. The third-order valence-electron chi connectivity index (χ3n) is 4.84. The van der Waals surface area contributed by atoms with Crippen molar-refractivity contribution in [3.8, 4) is 0 Å². The number of rotatable bonds is 2. The van der Waals surface area contributed by atoms with E-state index >= 15 is 0 Å². The van der Waals surface area contributed by atoms with Gasteiger partial charge in [0.15, 0.2) is 0 Å². The zero-order valence-corrected chi connectivity index (χ0v) is 14.1. The number of non-ortho nitro benzene ring substituents is 1. The van der Waals surface area contributed by atoms with E-state index in [0.717, 1.165) is 23.2 Å². The van der Waals surface area contributed by atoms with Crippen LogP contribution in [0.1, 0.15) is 29.5 Å². The second kappa shape index (κ2) is 5.80. The second-order valence-corrected chi connectivity index (χ2v) is 7.02. The van der Waals surface area contributed by atoms with Gasteiger partial charge in [-0.15, -0.1) is 0 Å². The van der Waals surface area contributed by atoms with Crippen molar-refractivity contribution in [3.05, 3.63) is 79.8 Å². The lowest BCUT2D eigenvalue weighted by Gasteiger charge is -2.38. The molecule has 1 heterocycles. The Balaban J connectivity index is 1.76. The zero-order chi connectivity index (χ0) is 16.8. The van der Waals surface area contributed by atoms with Crippen molar-refractivity contribution in [1.29, 1.82) is 0 Å². The molecule has 3 atom stereocenters. The Labute approximate surface area is 149 Å². The van der Waals surface area contributed by atoms with Gasteiger partial charge in [0.05, 0.1) is 11.0 Å². The SMILES string of the molecule is O=[N+]([O-])c1ccc([C@H]2Nc3cc(Cl)cc(Cl)c3[C@@H]3C=CC[C@@H]23)cc1. The third kappa shape index (κ3) is 2.46. The number of nitro groups is 1. The molecule has 2 aliphatic rings. The molecule has 0 saturated heterocycles. The Morgan fingerprint density at radius 1 is 1.17 bits per heavy atom. The van der Waals surface area contributed by atoms with Gasteiger partial charge in [0.25, 0.3) is 5.69 Å². The van der Waals surface area contributed by atoms with Gasteiger partial charge in [-0.1, -0.05) is 47.5 Å². The van der Waals surface area contributed by atoms with Crippen LogP contribution in [0.3, 0.4) is 0 Å². The average Bonchev–Trinajstić information content (AvgIpc) is 3.02. The summed E-state index contributed by atoms with van der Waals surface area (Å²) in [4.78, 5) is 10.5. The van der Waals surface area contributed by atoms with E-state index in [1.807, 2.05) is 18.2 Å². The smallest absolute Gasteiger partial charge is 0.269 e. The average molecular weight is 361 g/mol. The van der Waals surface area contributed by atoms with Crippen LogP contribution >= 0.6 is 23.2 Å². The molecule has 0 fully saturated rings. The maximum Gasteiger partial charge on any atom is 0.269 e. The summed E-state index contributed by atoms with van der Waals surface area (Å²) < 4.78 is 0. The van der Waals surface area contributed by atoms with E-state index in [9.17, 15) is 10.1 Å². The highest BCUT2D eigenvalue weighted by atomic mass is 35.5. The fraction of sp³-hybridized carbons (Fsp3) is 0.222. The first-order valence-corrected chi connectivity index (χ1v) is 8.46. The number of nitrogens with one attached hydrogen (secondary N) is 1. The minimum Gasteiger partial charge on any atom is -0.378 e. The molecule has 1 N–H and O–H groups in total. The van der Waals surface area contributed by atoms with Crippen LogP contribution < -0.4 is 5.32 Å². The van der Waals surface area contributed by atoms with Crippen LogP contribution in [0.4, 0.5) is 11.4 Å². The summed E-state index contributed by atoms with van der Waals surface area (Å²) in [7, 11) is 0. The number of anilines is 1. The fourth-order valence-corrected chi connectivity index (χ4v) is 4.40. The molecule has 0 saturated carbocycles. The van der Waals surface area contributed by atoms with Gasteiger partial charge in [-0.2, -0.15) is 0 Å². The van der Waals surface area contributed by atoms with Crippen molar-refractivity contribution < 1.29 is 4.92 Å². The van der Waals surface area contributed by atoms with Crippen LogP contribution in [0.15, 0.2) is 48.6 Å². The van der Waals surface area contributed by atoms with Gasteiger partial charge < -0.3 is 5.32 Å². The van der Waals surface area contributed by atoms with Crippen molar-refractivity contribution in [2.75, 3.05) is 5.32 Å². The molecule has 1 aliphatic heterocycles. The predicted molar refractivity (Wildman–Crippen MR) is 95.9 cm³/mol. The lowest BCUT2D eigenvalue weighted by atomic mass is 9.77. The van der Waals surface area contributed by atoms with Crippen LogP contribution in [0, 0.1) is 16.0 Å². The predicted octanol–water partition coefficient (Wildman–Crippen LogP) is 5.73. The lowest BCUT2D eigenvalue weighted by Crippen LogP contribution is -2.29. The summed E-state index contributed by atoms with van der Waals surface area (Å²) in [6, 6.07) is 10.5. The Morgan fingerprint density at radius 3 is 2.62 bits per heavy atom. The topological polar surface area (TPSA) is 55.2 Å². The monoisotopic (exact) mass is 360 g/mol. The first-order chi connectivity index (χ1) is 11.5. The summed E-state index contributed by atoms with van der Waals surface area (Å²) >= 11 is 12.6. The molecule has 0 radical (unpaired) electrons. The number of hydrogen-bond donors (Lipinski definition) is 1. The van der Waals surface area contributed by atoms with Gasteiger partial charge in [-0.3, -0.25) is 10.1 Å². The van der Waals surface area contributed by atoms with E-state index in [1.54, 1.807) is 18.2 Å². The Hall–Kier alpha value is -2.04. The summed E-state index contributed by atoms with van der Waals surface area (Å²) in [5.41, 5.74) is 3.14. The summed E-state index contributed by atoms with van der Waals surface area (Å²) in [6.07, 6.45) is 5.32. The number of fused-ring (bicyclic) bond motifs is 3. The van der Waals surface area contributed by atoms with Gasteiger partial charge in [0.2, 0.25) is 0 Å². The van der Waals surface area contributed by atoms with Gasteiger partial charge in [-0.05, 0) is 30.0 Å². The maximum atomic E-state index is 10.9. The second-order valence-electron chi connectivity index (χ2n) is 6.17. The summed E-state index contributed by atoms with van der Waals surface area (Å²) in [5.74, 6) is 0.559. The highest BCUT2D eigenvalue weighted by molar-refractivity contribution is 6.35. The van der Waals surface area contributed by atoms with Crippen molar-refractivity contribution in [3.63, 3.8) is 0 Å². The largest absolute Gasteiger partial charge is 0.378 e. The van der Waals surface area contributed by atoms with Crippen molar-refractivity contribution in [2.45, 2.75) is 18.4 Å². The van der Waals surface area contributed by atoms with E-state index in [2.05, 4.69) is 17.5 Å². The number of nitro benzene ring substituents is 1. The molecule has 4 nitrogen and oxygen atoms in total. The normalized spacial score (nSPS) is 24.2. The number of allylic oxidation sites excluding steroid dienone is 2. The molecule has 2 aromatic rings. The Kier molecular flexibility index (Phi) is 3.74. The molecule has 122 valence electrons. The lowest BCUT2D eigenvalue weighted by molar-refractivity contribution is -0.384. The first-order valence-electron chi connectivity index (χ1n) is 7.71. The molecular formula is C18H14Cl2N2O2. The van der Waals surface area contributed by atoms with Crippen LogP contribution in [-0.4, -0.2) is 4.92 Å². The molecule has 6 heteroatoms. The first kappa shape index (κ1) is 15.5. The third-order valence-corrected chi connectivity index (χ3v) is 5.37. The molecule has 4 rings (SSSR count). The number of nitrogens with zero attached hydrogens (tertiary/aromatic N) is 1. The molecule has 1 aliphatic carbocycles. The van der Waals surface area contributed by atoms with Crippen LogP contribution in [0.2, 0.25) is 10.0 Å². The van der Waals surface area contributed by atoms with E-state index in [1.165, 1.54) is 0 Å². The van der Waals surface area contributed by atoms with Crippen LogP contribution in [-0.2, 0) is 0 Å². The molecule has 0 spiro atoms. The van der Waals surface area contributed by atoms with Gasteiger partial charge in [-0.25, -0.2) is 0 Å². The minimum absolute atomic E-state index is 0.0628. The molecule has 0 amide bonds. The van der Waals surface area contributed by atoms with Crippen molar-refractivity contribution in [1.82, 2.24) is 0 Å². The van der Waals surface area contributed by atoms with E-state index < -0.39 is 0 Å². The summed E-state index contributed by atoms with van der Waals surface area (Å²) in [5, 5.41) is 15.7. The van der Waals surface area contributed by atoms with Gasteiger partial charge >= 0.3 is 0 Å². The standard InChI is InChI=1S/C18H14Cl2N2O2/c19-11-8-15(20)17-13-2-1-3-14(13)18(21-16(17)9-11)10-4-6-12(7-5-10)22(23)24/h1-2,4-9,13-14,18,21H,3H2/t13-,14-,18-/m1/s1. The Bertz CT molecular complexity index is 849. The molecule has 0 unspecified atom stereocenters. The molecule has 0 aromatic heterocycles. The fourth-order valence-electron chi connectivity index (χ4n) is 3.78. The molecular weight excluding hydrogens is 347 g/mol. The number of benzene rings is 2. The molecule has 2 aromatic carbocycles. The van der Waals surface area contributed by atoms with E-state index in [0.29, 0.717) is 16.0 Å². The number of halogens is 2. The van der Waals surface area contributed by atoms with Gasteiger partial charge in [0.1, 0.15) is 0 Å². The maximum absolute atomic E-state index is 10.9.